The molecule has 0 atom stereocenters. The molecule has 3 rings (SSSR count). The van der Waals surface area contributed by atoms with Crippen molar-refractivity contribution in [3.8, 4) is 0 Å². The van der Waals surface area contributed by atoms with Gasteiger partial charge in [0.2, 0.25) is 0 Å². The van der Waals surface area contributed by atoms with Crippen LogP contribution in [0.2, 0.25) is 0 Å². The van der Waals surface area contributed by atoms with Gasteiger partial charge in [-0.2, -0.15) is 5.10 Å². The number of aliphatic carboxylic acids is 1. The Morgan fingerprint density at radius 1 is 1.50 bits per heavy atom. The lowest BCUT2D eigenvalue weighted by Gasteiger charge is -1.98. The molecule has 0 spiro atoms. The molecule has 9 heteroatoms. The number of carboxylic acid groups (broad SMARTS) is 1. The van der Waals surface area contributed by atoms with Crippen molar-refractivity contribution in [2.45, 2.75) is 15.8 Å². The topological polar surface area (TPSA) is 93.8 Å². The highest BCUT2D eigenvalue weighted by atomic mass is 32.2. The molecule has 0 aliphatic rings. The fourth-order valence-corrected chi connectivity index (χ4v) is 3.47. The van der Waals surface area contributed by atoms with Gasteiger partial charge in [-0.25, -0.2) is 15.0 Å². The zero-order chi connectivity index (χ0) is 14.1. The number of nitrogens with zero attached hydrogens (tertiary/aromatic N) is 5. The largest absolute Gasteiger partial charge is 0.481 e. The second-order valence-corrected chi connectivity index (χ2v) is 6.06. The van der Waals surface area contributed by atoms with Gasteiger partial charge in [0.05, 0.1) is 23.7 Å². The number of carbonyl (C=O) groups is 1. The Morgan fingerprint density at radius 3 is 3.15 bits per heavy atom. The number of rotatable bonds is 4. The predicted molar refractivity (Wildman–Crippen MR) is 73.9 cm³/mol. The summed E-state index contributed by atoms with van der Waals surface area (Å²) in [4.78, 5) is 23.3. The van der Waals surface area contributed by atoms with Crippen LogP contribution in [0.5, 0.6) is 0 Å². The van der Waals surface area contributed by atoms with Crippen molar-refractivity contribution in [2.24, 2.45) is 7.05 Å². The van der Waals surface area contributed by atoms with Gasteiger partial charge in [0.1, 0.15) is 11.4 Å². The molecule has 0 radical (unpaired) electrons. The van der Waals surface area contributed by atoms with E-state index < -0.39 is 5.97 Å². The Hall–Kier alpha value is -2.00. The molecule has 0 saturated heterocycles. The van der Waals surface area contributed by atoms with E-state index in [1.165, 1.54) is 29.4 Å². The number of aromatic nitrogens is 5. The number of carboxylic acids is 1. The number of thiazole rings is 1. The van der Waals surface area contributed by atoms with E-state index >= 15 is 0 Å². The summed E-state index contributed by atoms with van der Waals surface area (Å²) < 4.78 is 2.43. The molecule has 0 saturated carbocycles. The van der Waals surface area contributed by atoms with Gasteiger partial charge in [-0.1, -0.05) is 0 Å². The fourth-order valence-electron chi connectivity index (χ4n) is 1.68. The monoisotopic (exact) mass is 307 g/mol. The van der Waals surface area contributed by atoms with Crippen LogP contribution in [0.4, 0.5) is 0 Å². The smallest absolute Gasteiger partial charge is 0.309 e. The highest BCUT2D eigenvalue weighted by Gasteiger charge is 2.12. The van der Waals surface area contributed by atoms with Gasteiger partial charge in [0.15, 0.2) is 9.99 Å². The molecule has 102 valence electrons. The van der Waals surface area contributed by atoms with Crippen molar-refractivity contribution < 1.29 is 9.90 Å². The highest BCUT2D eigenvalue weighted by molar-refractivity contribution is 8.01. The van der Waals surface area contributed by atoms with Gasteiger partial charge in [-0.15, -0.1) is 11.3 Å². The number of hydrogen-bond donors (Lipinski definition) is 1. The average Bonchev–Trinajstić information content (AvgIpc) is 2.98. The molecule has 20 heavy (non-hydrogen) atoms. The molecular weight excluding hydrogens is 298 g/mol. The summed E-state index contributed by atoms with van der Waals surface area (Å²) in [7, 11) is 1.82. The Labute approximate surface area is 121 Å². The Kier molecular flexibility index (Phi) is 3.36. The number of hydrogen-bond acceptors (Lipinski definition) is 7. The van der Waals surface area contributed by atoms with Crippen LogP contribution in [0.15, 0.2) is 27.3 Å². The minimum absolute atomic E-state index is 0.0663. The van der Waals surface area contributed by atoms with Crippen LogP contribution in [-0.2, 0) is 18.3 Å². The van der Waals surface area contributed by atoms with Crippen LogP contribution in [0.3, 0.4) is 0 Å². The van der Waals surface area contributed by atoms with E-state index in [4.69, 9.17) is 5.11 Å². The molecule has 0 amide bonds. The molecule has 0 aliphatic heterocycles. The zero-order valence-corrected chi connectivity index (χ0v) is 12.0. The van der Waals surface area contributed by atoms with Crippen LogP contribution >= 0.6 is 23.1 Å². The molecule has 0 bridgehead atoms. The van der Waals surface area contributed by atoms with Gasteiger partial charge in [0, 0.05) is 12.4 Å². The maximum Gasteiger partial charge on any atom is 0.309 e. The van der Waals surface area contributed by atoms with Gasteiger partial charge in [-0.3, -0.25) is 9.48 Å². The predicted octanol–water partition coefficient (Wildman–Crippen LogP) is 1.60. The van der Waals surface area contributed by atoms with E-state index in [1.807, 2.05) is 7.05 Å². The van der Waals surface area contributed by atoms with Crippen molar-refractivity contribution in [2.75, 3.05) is 0 Å². The summed E-state index contributed by atoms with van der Waals surface area (Å²) in [6.45, 7) is 0. The number of aryl methyl sites for hydroxylation is 1. The second-order valence-electron chi connectivity index (χ2n) is 3.96. The molecule has 0 aliphatic carbocycles. The molecule has 0 fully saturated rings. The van der Waals surface area contributed by atoms with Gasteiger partial charge in [0.25, 0.3) is 0 Å². The summed E-state index contributed by atoms with van der Waals surface area (Å²) in [5, 5.41) is 16.3. The minimum Gasteiger partial charge on any atom is -0.481 e. The van der Waals surface area contributed by atoms with Crippen LogP contribution in [0, 0.1) is 0 Å². The number of fused-ring (bicyclic) bond motifs is 1. The first kappa shape index (κ1) is 13.0. The first-order chi connectivity index (χ1) is 9.63. The standard InChI is InChI=1S/C11H9N5O2S2/c1-16-9-7(3-14-16)10(13-5-12-9)20-11-15-6(4-19-11)2-8(17)18/h3-5H,2H2,1H3,(H,17,18). The van der Waals surface area contributed by atoms with Crippen molar-refractivity contribution in [3.63, 3.8) is 0 Å². The van der Waals surface area contributed by atoms with Crippen LogP contribution < -0.4 is 0 Å². The normalized spacial score (nSPS) is 11.1. The third kappa shape index (κ3) is 2.49. The molecular formula is C11H9N5O2S2. The summed E-state index contributed by atoms with van der Waals surface area (Å²) >= 11 is 2.79. The summed E-state index contributed by atoms with van der Waals surface area (Å²) in [6.07, 6.45) is 3.13. The lowest BCUT2D eigenvalue weighted by atomic mass is 10.3. The Morgan fingerprint density at radius 2 is 2.35 bits per heavy atom. The van der Waals surface area contributed by atoms with Crippen molar-refractivity contribution in [1.29, 1.82) is 0 Å². The van der Waals surface area contributed by atoms with Gasteiger partial charge < -0.3 is 5.11 Å². The molecule has 3 aromatic rings. The molecule has 3 aromatic heterocycles. The van der Waals surface area contributed by atoms with Crippen molar-refractivity contribution in [3.05, 3.63) is 23.6 Å². The third-order valence-corrected chi connectivity index (χ3v) is 4.55. The van der Waals surface area contributed by atoms with E-state index in [2.05, 4.69) is 20.1 Å². The van der Waals surface area contributed by atoms with Crippen LogP contribution in [-0.4, -0.2) is 35.8 Å². The highest BCUT2D eigenvalue weighted by Crippen LogP contribution is 2.32. The third-order valence-electron chi connectivity index (χ3n) is 2.54. The van der Waals surface area contributed by atoms with E-state index in [0.717, 1.165) is 20.4 Å². The van der Waals surface area contributed by atoms with Crippen LogP contribution in [0.25, 0.3) is 11.0 Å². The first-order valence-corrected chi connectivity index (χ1v) is 7.30. The fraction of sp³-hybridized carbons (Fsp3) is 0.182. The lowest BCUT2D eigenvalue weighted by molar-refractivity contribution is -0.136. The maximum atomic E-state index is 10.6. The molecule has 7 nitrogen and oxygen atoms in total. The van der Waals surface area contributed by atoms with Crippen LogP contribution in [0.1, 0.15) is 5.69 Å². The molecule has 0 aromatic carbocycles. The SMILES string of the molecule is Cn1ncc2c(Sc3nc(CC(=O)O)cs3)ncnc21. The summed E-state index contributed by atoms with van der Waals surface area (Å²) in [6, 6.07) is 0. The summed E-state index contributed by atoms with van der Waals surface area (Å²) in [5.41, 5.74) is 1.31. The van der Waals surface area contributed by atoms with Crippen molar-refractivity contribution in [1.82, 2.24) is 24.7 Å². The summed E-state index contributed by atoms with van der Waals surface area (Å²) in [5.74, 6) is -0.886. The van der Waals surface area contributed by atoms with Gasteiger partial charge in [-0.05, 0) is 11.8 Å². The van der Waals surface area contributed by atoms with E-state index in [0.29, 0.717) is 5.69 Å². The quantitative estimate of drug-likeness (QED) is 0.731. The Balaban J connectivity index is 1.89. The maximum absolute atomic E-state index is 10.6. The first-order valence-electron chi connectivity index (χ1n) is 5.60. The van der Waals surface area contributed by atoms with E-state index in [-0.39, 0.29) is 6.42 Å². The van der Waals surface area contributed by atoms with Gasteiger partial charge >= 0.3 is 5.97 Å². The van der Waals surface area contributed by atoms with E-state index in [9.17, 15) is 4.79 Å². The van der Waals surface area contributed by atoms with E-state index in [1.54, 1.807) is 16.3 Å². The molecule has 0 unspecified atom stereocenters. The minimum atomic E-state index is -0.886. The van der Waals surface area contributed by atoms with Crippen molar-refractivity contribution >= 4 is 40.1 Å². The lowest BCUT2D eigenvalue weighted by Crippen LogP contribution is -1.99. The molecule has 1 N–H and O–H groups in total. The Bertz CT molecular complexity index is 782. The zero-order valence-electron chi connectivity index (χ0n) is 10.3. The average molecular weight is 307 g/mol. The second kappa shape index (κ2) is 5.17. The molecule has 3 heterocycles.